The maximum atomic E-state index is 11.8. The van der Waals surface area contributed by atoms with E-state index >= 15 is 0 Å². The highest BCUT2D eigenvalue weighted by Crippen LogP contribution is 2.17. The van der Waals surface area contributed by atoms with E-state index in [0.717, 1.165) is 19.4 Å². The maximum Gasteiger partial charge on any atom is 0.240 e. The first kappa shape index (κ1) is 13.1. The van der Waals surface area contributed by atoms with Gasteiger partial charge in [0.15, 0.2) is 0 Å². The summed E-state index contributed by atoms with van der Waals surface area (Å²) in [6.07, 6.45) is 6.55. The molecule has 5 nitrogen and oxygen atoms in total. The average molecular weight is 270 g/mol. The zero-order valence-electron chi connectivity index (χ0n) is 10.3. The largest absolute Gasteiger partial charge is 0.471 e. The third kappa shape index (κ3) is 3.32. The number of nitrogens with zero attached hydrogens (tertiary/aromatic N) is 3. The number of aromatic nitrogens is 2. The third-order valence-electron chi connectivity index (χ3n) is 2.86. The molecular weight excluding hydrogens is 254 g/mol. The van der Waals surface area contributed by atoms with Gasteiger partial charge < -0.3 is 9.64 Å². The molecule has 0 radical (unpaired) electrons. The number of carbonyl (C=O) groups excluding carboxylic acids is 1. The molecular formula is C12H16ClN3O2. The van der Waals surface area contributed by atoms with Gasteiger partial charge in [0.1, 0.15) is 11.5 Å². The molecule has 2 atom stereocenters. The van der Waals surface area contributed by atoms with Gasteiger partial charge in [0, 0.05) is 18.9 Å². The van der Waals surface area contributed by atoms with Crippen LogP contribution < -0.4 is 4.74 Å². The van der Waals surface area contributed by atoms with Gasteiger partial charge in [-0.2, -0.15) is 0 Å². The van der Waals surface area contributed by atoms with Gasteiger partial charge in [0.2, 0.25) is 11.8 Å². The zero-order chi connectivity index (χ0) is 13.0. The van der Waals surface area contributed by atoms with Crippen molar-refractivity contribution in [1.29, 1.82) is 0 Å². The van der Waals surface area contributed by atoms with Crippen LogP contribution in [0.1, 0.15) is 19.8 Å². The average Bonchev–Trinajstić information content (AvgIpc) is 2.39. The van der Waals surface area contributed by atoms with Gasteiger partial charge in [-0.3, -0.25) is 9.78 Å². The lowest BCUT2D eigenvalue weighted by atomic mass is 10.1. The molecule has 2 unspecified atom stereocenters. The molecule has 1 saturated heterocycles. The number of alkyl halides is 1. The van der Waals surface area contributed by atoms with Gasteiger partial charge in [0.05, 0.1) is 12.7 Å². The molecule has 0 N–H and O–H groups in total. The normalized spacial score (nSPS) is 21.4. The molecule has 0 aliphatic carbocycles. The Kier molecular flexibility index (Phi) is 4.36. The molecule has 1 aromatic heterocycles. The number of halogens is 1. The molecule has 2 rings (SSSR count). The quantitative estimate of drug-likeness (QED) is 0.780. The molecule has 98 valence electrons. The molecule has 1 aliphatic rings. The van der Waals surface area contributed by atoms with Crippen LogP contribution in [0, 0.1) is 0 Å². The van der Waals surface area contributed by atoms with Crippen LogP contribution in [-0.4, -0.2) is 45.3 Å². The Morgan fingerprint density at radius 1 is 1.61 bits per heavy atom. The topological polar surface area (TPSA) is 55.3 Å². The summed E-state index contributed by atoms with van der Waals surface area (Å²) in [6, 6.07) is 0. The summed E-state index contributed by atoms with van der Waals surface area (Å²) in [5, 5.41) is -0.486. The fraction of sp³-hybridized carbons (Fsp3) is 0.583. The van der Waals surface area contributed by atoms with Crippen molar-refractivity contribution in [2.75, 3.05) is 13.1 Å². The van der Waals surface area contributed by atoms with E-state index < -0.39 is 5.38 Å². The summed E-state index contributed by atoms with van der Waals surface area (Å²) < 4.78 is 5.70. The van der Waals surface area contributed by atoms with E-state index in [1.807, 2.05) is 0 Å². The lowest BCUT2D eigenvalue weighted by Gasteiger charge is -2.33. The van der Waals surface area contributed by atoms with Crippen molar-refractivity contribution >= 4 is 17.5 Å². The first-order chi connectivity index (χ1) is 8.66. The molecule has 0 saturated carbocycles. The second-order valence-corrected chi connectivity index (χ2v) is 4.98. The number of hydrogen-bond donors (Lipinski definition) is 0. The molecule has 1 aromatic rings. The van der Waals surface area contributed by atoms with Crippen LogP contribution in [0.5, 0.6) is 5.88 Å². The summed E-state index contributed by atoms with van der Waals surface area (Å²) in [4.78, 5) is 21.6. The van der Waals surface area contributed by atoms with E-state index in [0.29, 0.717) is 12.4 Å². The Morgan fingerprint density at radius 3 is 3.11 bits per heavy atom. The van der Waals surface area contributed by atoms with E-state index in [9.17, 15) is 4.79 Å². The van der Waals surface area contributed by atoms with Crippen molar-refractivity contribution < 1.29 is 9.53 Å². The lowest BCUT2D eigenvalue weighted by Crippen LogP contribution is -2.46. The molecule has 18 heavy (non-hydrogen) atoms. The van der Waals surface area contributed by atoms with Crippen molar-refractivity contribution in [3.8, 4) is 5.88 Å². The van der Waals surface area contributed by atoms with Crippen LogP contribution in [0.25, 0.3) is 0 Å². The van der Waals surface area contributed by atoms with Gasteiger partial charge in [-0.15, -0.1) is 11.6 Å². The van der Waals surface area contributed by atoms with E-state index in [4.69, 9.17) is 16.3 Å². The van der Waals surface area contributed by atoms with Crippen LogP contribution in [0.15, 0.2) is 18.6 Å². The van der Waals surface area contributed by atoms with Crippen molar-refractivity contribution in [2.24, 2.45) is 0 Å². The number of amides is 1. The molecule has 2 heterocycles. The van der Waals surface area contributed by atoms with Gasteiger partial charge in [0.25, 0.3) is 0 Å². The van der Waals surface area contributed by atoms with Crippen molar-refractivity contribution in [3.63, 3.8) is 0 Å². The highest BCUT2D eigenvalue weighted by Gasteiger charge is 2.27. The number of rotatable bonds is 3. The summed E-state index contributed by atoms with van der Waals surface area (Å²) in [7, 11) is 0. The summed E-state index contributed by atoms with van der Waals surface area (Å²) in [5.74, 6) is 0.458. The number of ether oxygens (including phenoxy) is 1. The predicted molar refractivity (Wildman–Crippen MR) is 67.6 cm³/mol. The van der Waals surface area contributed by atoms with E-state index in [1.165, 1.54) is 0 Å². The predicted octanol–water partition coefficient (Wildman–Crippen LogP) is 1.47. The smallest absolute Gasteiger partial charge is 0.240 e. The number of likely N-dealkylation sites (tertiary alicyclic amines) is 1. The second-order valence-electron chi connectivity index (χ2n) is 4.33. The molecule has 1 fully saturated rings. The van der Waals surface area contributed by atoms with E-state index in [2.05, 4.69) is 9.97 Å². The summed E-state index contributed by atoms with van der Waals surface area (Å²) in [5.41, 5.74) is 0. The fourth-order valence-electron chi connectivity index (χ4n) is 2.00. The molecule has 0 spiro atoms. The van der Waals surface area contributed by atoms with Crippen molar-refractivity contribution in [2.45, 2.75) is 31.2 Å². The summed E-state index contributed by atoms with van der Waals surface area (Å²) in [6.45, 7) is 3.00. The van der Waals surface area contributed by atoms with Gasteiger partial charge in [-0.25, -0.2) is 4.98 Å². The highest BCUT2D eigenvalue weighted by molar-refractivity contribution is 6.30. The Hall–Kier alpha value is -1.36. The molecule has 1 amide bonds. The maximum absolute atomic E-state index is 11.8. The van der Waals surface area contributed by atoms with Crippen molar-refractivity contribution in [3.05, 3.63) is 18.6 Å². The minimum atomic E-state index is -0.486. The van der Waals surface area contributed by atoms with E-state index in [1.54, 1.807) is 30.4 Å². The molecule has 0 aromatic carbocycles. The monoisotopic (exact) mass is 269 g/mol. The summed E-state index contributed by atoms with van der Waals surface area (Å²) >= 11 is 5.82. The van der Waals surface area contributed by atoms with Crippen molar-refractivity contribution in [1.82, 2.24) is 14.9 Å². The lowest BCUT2D eigenvalue weighted by molar-refractivity contribution is -0.133. The Morgan fingerprint density at radius 2 is 2.44 bits per heavy atom. The van der Waals surface area contributed by atoms with Crippen LogP contribution in [0.2, 0.25) is 0 Å². The van der Waals surface area contributed by atoms with Crippen LogP contribution in [0.3, 0.4) is 0 Å². The fourth-order valence-corrected chi connectivity index (χ4v) is 2.14. The van der Waals surface area contributed by atoms with E-state index in [-0.39, 0.29) is 12.0 Å². The first-order valence-electron chi connectivity index (χ1n) is 6.02. The van der Waals surface area contributed by atoms with Crippen LogP contribution in [-0.2, 0) is 4.79 Å². The van der Waals surface area contributed by atoms with Crippen LogP contribution in [0.4, 0.5) is 0 Å². The second kappa shape index (κ2) is 6.00. The third-order valence-corrected chi connectivity index (χ3v) is 3.04. The number of hydrogen-bond acceptors (Lipinski definition) is 4. The highest BCUT2D eigenvalue weighted by atomic mass is 35.5. The Bertz CT molecular complexity index is 400. The van der Waals surface area contributed by atoms with Gasteiger partial charge in [-0.1, -0.05) is 0 Å². The minimum absolute atomic E-state index is 0.0326. The minimum Gasteiger partial charge on any atom is -0.471 e. The first-order valence-corrected chi connectivity index (χ1v) is 6.46. The van der Waals surface area contributed by atoms with Crippen LogP contribution >= 0.6 is 11.6 Å². The standard InChI is InChI=1S/C12H16ClN3O2/c1-9(13)12(17)16-6-2-3-10(8-16)18-11-7-14-4-5-15-11/h4-5,7,9-10H,2-3,6,8H2,1H3. The Balaban J connectivity index is 1.93. The molecule has 6 heteroatoms. The Labute approximate surface area is 111 Å². The zero-order valence-corrected chi connectivity index (χ0v) is 11.0. The number of piperidine rings is 1. The molecule has 1 aliphatic heterocycles. The van der Waals surface area contributed by atoms with Gasteiger partial charge >= 0.3 is 0 Å². The number of carbonyl (C=O) groups is 1. The SMILES string of the molecule is CC(Cl)C(=O)N1CCCC(Oc2cnccn2)C1. The van der Waals surface area contributed by atoms with Gasteiger partial charge in [-0.05, 0) is 19.8 Å². The molecule has 0 bridgehead atoms.